The molecule has 1 amide bonds. The van der Waals surface area contributed by atoms with Crippen LogP contribution in [0, 0.1) is 27.9 Å². The van der Waals surface area contributed by atoms with Gasteiger partial charge in [0, 0.05) is 55.4 Å². The Labute approximate surface area is 441 Å². The van der Waals surface area contributed by atoms with Gasteiger partial charge in [0.1, 0.15) is 42.8 Å². The van der Waals surface area contributed by atoms with Gasteiger partial charge in [-0.3, -0.25) is 19.8 Å². The standard InChI is InChI=1S/C59H63N3O14/c1-2-27-73-59-55(61(35-42-19-23-53-54(31-42)72-39-71-53)58(66)70-29-28-69-37-40-11-4-3-5-12-40)34-51(60-74-38-41-17-20-45(21-18-41)62(67)68)49-32-44(14-6-8-25-63)48(16-7-9-26-64)56(57(49)59)50-33-47(22-24-52(50)76-59)75-46-15-10-13-43(30-46)36-65/h2-5,10-13,15,17-24,30-33,36,44,48,55-57,63-64H,1,6-9,14,16,25-29,34-35,37-39H2/t44-,48+,55-,56+,57+,59+/m0/s1. The molecule has 0 aromatic heterocycles. The quantitative estimate of drug-likeness (QED) is 0.0174. The molecule has 398 valence electrons. The molecule has 1 saturated carbocycles. The van der Waals surface area contributed by atoms with Crippen molar-refractivity contribution in [2.45, 2.75) is 82.5 Å². The van der Waals surface area contributed by atoms with Crippen molar-refractivity contribution in [3.05, 3.63) is 177 Å². The first kappa shape index (κ1) is 53.3. The van der Waals surface area contributed by atoms with Crippen LogP contribution in [0.4, 0.5) is 10.5 Å². The van der Waals surface area contributed by atoms with Crippen molar-refractivity contribution in [3.63, 3.8) is 0 Å². The van der Waals surface area contributed by atoms with E-state index in [-0.39, 0.29) is 76.9 Å². The first-order valence-electron chi connectivity index (χ1n) is 25.8. The first-order valence-corrected chi connectivity index (χ1v) is 25.8. The molecule has 0 radical (unpaired) electrons. The summed E-state index contributed by atoms with van der Waals surface area (Å²) in [4.78, 5) is 45.9. The molecule has 4 aliphatic rings. The van der Waals surface area contributed by atoms with Crippen molar-refractivity contribution in [2.75, 3.05) is 39.8 Å². The molecule has 0 unspecified atom stereocenters. The number of nitrogens with zero attached hydrogens (tertiary/aromatic N) is 3. The van der Waals surface area contributed by atoms with Crippen LogP contribution in [0.15, 0.2) is 145 Å². The van der Waals surface area contributed by atoms with Crippen molar-refractivity contribution in [3.8, 4) is 28.7 Å². The number of hydrogen-bond donors (Lipinski definition) is 2. The van der Waals surface area contributed by atoms with Crippen molar-refractivity contribution in [2.24, 2.45) is 22.9 Å². The second kappa shape index (κ2) is 25.3. The molecule has 2 aliphatic carbocycles. The number of benzene rings is 5. The molecule has 5 aromatic rings. The Morgan fingerprint density at radius 3 is 2.36 bits per heavy atom. The Hall–Kier alpha value is -7.57. The molecule has 2 N–H and O–H groups in total. The van der Waals surface area contributed by atoms with Crippen LogP contribution in [0.3, 0.4) is 0 Å². The number of carbonyl (C=O) groups is 2. The van der Waals surface area contributed by atoms with Gasteiger partial charge in [0.05, 0.1) is 36.4 Å². The fourth-order valence-corrected chi connectivity index (χ4v) is 11.0. The first-order chi connectivity index (χ1) is 37.2. The summed E-state index contributed by atoms with van der Waals surface area (Å²) in [5, 5.41) is 36.6. The van der Waals surface area contributed by atoms with E-state index in [1.807, 2.05) is 54.6 Å². The number of allylic oxidation sites excluding steroid dienone is 1. The summed E-state index contributed by atoms with van der Waals surface area (Å²) in [5.74, 6) is -0.302. The lowest BCUT2D eigenvalue weighted by molar-refractivity contribution is -0.384. The monoisotopic (exact) mass is 1040 g/mol. The average molecular weight is 1040 g/mol. The molecule has 17 heteroatoms. The smallest absolute Gasteiger partial charge is 0.410 e. The maximum absolute atomic E-state index is 15.2. The van der Waals surface area contributed by atoms with E-state index in [0.717, 1.165) is 35.8 Å². The Balaban J connectivity index is 1.19. The lowest BCUT2D eigenvalue weighted by Crippen LogP contribution is -2.70. The van der Waals surface area contributed by atoms with E-state index < -0.39 is 34.7 Å². The van der Waals surface area contributed by atoms with Crippen LogP contribution in [-0.4, -0.2) is 89.8 Å². The number of oxime groups is 1. The van der Waals surface area contributed by atoms with E-state index in [4.69, 9.17) is 43.2 Å². The molecule has 1 fully saturated rings. The number of amides is 1. The summed E-state index contributed by atoms with van der Waals surface area (Å²) in [5.41, 5.74) is 4.88. The summed E-state index contributed by atoms with van der Waals surface area (Å²) >= 11 is 0. The zero-order chi connectivity index (χ0) is 52.9. The van der Waals surface area contributed by atoms with Crippen molar-refractivity contribution in [1.29, 1.82) is 0 Å². The Morgan fingerprint density at radius 1 is 0.829 bits per heavy atom. The number of hydrogen-bond acceptors (Lipinski definition) is 15. The zero-order valence-electron chi connectivity index (χ0n) is 42.2. The largest absolute Gasteiger partial charge is 0.459 e. The predicted octanol–water partition coefficient (Wildman–Crippen LogP) is 10.6. The van der Waals surface area contributed by atoms with E-state index in [1.165, 1.54) is 12.1 Å². The Kier molecular flexibility index (Phi) is 17.7. The number of unbranched alkanes of at least 4 members (excludes halogenated alkanes) is 2. The number of aliphatic hydroxyl groups is 2. The third-order valence-electron chi connectivity index (χ3n) is 14.4. The number of fused-ring (bicyclic) bond motifs is 3. The molecule has 0 spiro atoms. The van der Waals surface area contributed by atoms with Crippen LogP contribution >= 0.6 is 0 Å². The van der Waals surface area contributed by atoms with E-state index in [2.05, 4.69) is 12.7 Å². The van der Waals surface area contributed by atoms with Crippen molar-refractivity contribution in [1.82, 2.24) is 4.90 Å². The van der Waals surface area contributed by atoms with Gasteiger partial charge in [-0.2, -0.15) is 0 Å². The number of aldehydes is 1. The maximum atomic E-state index is 15.2. The molecule has 2 heterocycles. The maximum Gasteiger partial charge on any atom is 0.410 e. The van der Waals surface area contributed by atoms with Gasteiger partial charge >= 0.3 is 6.09 Å². The Bertz CT molecular complexity index is 2880. The van der Waals surface area contributed by atoms with Gasteiger partial charge in [-0.1, -0.05) is 78.7 Å². The average Bonchev–Trinajstić information content (AvgIpc) is 4.03. The van der Waals surface area contributed by atoms with E-state index in [0.29, 0.717) is 83.4 Å². The SMILES string of the molecule is C=CCO[C@@]12Oc3ccc(Oc4cccc(C=O)c4)cc3[C@H]3[C@H](CCCCO)[C@@H](CCCCO)C=C(C(=NOCc4ccc([N+](=O)[O-])cc4)C[C@@H]1N(Cc1ccc4c(c1)OCO4)C(=O)OCCOCc1ccccc1)[C@H]32. The van der Waals surface area contributed by atoms with Gasteiger partial charge in [-0.15, -0.1) is 6.58 Å². The fourth-order valence-electron chi connectivity index (χ4n) is 11.0. The second-order valence-electron chi connectivity index (χ2n) is 19.2. The molecular formula is C59H63N3O14. The Morgan fingerprint density at radius 2 is 1.58 bits per heavy atom. The minimum atomic E-state index is -1.64. The highest BCUT2D eigenvalue weighted by Crippen LogP contribution is 2.62. The van der Waals surface area contributed by atoms with Gasteiger partial charge in [-0.25, -0.2) is 4.79 Å². The van der Waals surface area contributed by atoms with Gasteiger partial charge in [-0.05, 0) is 114 Å². The lowest BCUT2D eigenvalue weighted by Gasteiger charge is -2.59. The van der Waals surface area contributed by atoms with Crippen LogP contribution < -0.4 is 18.9 Å². The summed E-state index contributed by atoms with van der Waals surface area (Å²) in [6, 6.07) is 32.8. The van der Waals surface area contributed by atoms with Crippen molar-refractivity contribution < 1.29 is 62.7 Å². The summed E-state index contributed by atoms with van der Waals surface area (Å²) in [7, 11) is 0. The molecule has 0 bridgehead atoms. The summed E-state index contributed by atoms with van der Waals surface area (Å²) in [6.07, 6.45) is 8.04. The fraction of sp³-hybridized carbons (Fsp3) is 0.373. The predicted molar refractivity (Wildman–Crippen MR) is 280 cm³/mol. The number of aliphatic hydroxyl groups excluding tert-OH is 2. The topological polar surface area (TPSA) is 207 Å². The second-order valence-corrected chi connectivity index (χ2v) is 19.2. The number of non-ortho nitro benzene ring substituents is 1. The number of nitro groups is 1. The van der Waals surface area contributed by atoms with E-state index in [1.54, 1.807) is 59.5 Å². The molecule has 2 aliphatic heterocycles. The number of rotatable bonds is 26. The zero-order valence-corrected chi connectivity index (χ0v) is 42.2. The van der Waals surface area contributed by atoms with Gasteiger partial charge in [0.25, 0.3) is 5.69 Å². The lowest BCUT2D eigenvalue weighted by atomic mass is 9.55. The van der Waals surface area contributed by atoms with Crippen molar-refractivity contribution >= 4 is 23.8 Å². The third-order valence-corrected chi connectivity index (χ3v) is 14.4. The van der Waals surface area contributed by atoms with Crippen LogP contribution in [0.1, 0.15) is 83.5 Å². The highest BCUT2D eigenvalue weighted by atomic mass is 16.7. The normalized spacial score (nSPS) is 21.3. The molecule has 17 nitrogen and oxygen atoms in total. The highest BCUT2D eigenvalue weighted by molar-refractivity contribution is 6.03. The summed E-state index contributed by atoms with van der Waals surface area (Å²) < 4.78 is 44.7. The number of carbonyl (C=O) groups excluding carboxylic acids is 2. The van der Waals surface area contributed by atoms with Gasteiger partial charge in [0.15, 0.2) is 11.5 Å². The van der Waals surface area contributed by atoms with Crippen LogP contribution in [-0.2, 0) is 38.8 Å². The molecular weight excluding hydrogens is 975 g/mol. The van der Waals surface area contributed by atoms with Gasteiger partial charge < -0.3 is 48.2 Å². The van der Waals surface area contributed by atoms with Gasteiger partial charge in [0.2, 0.25) is 12.6 Å². The highest BCUT2D eigenvalue weighted by Gasteiger charge is 2.66. The van der Waals surface area contributed by atoms with E-state index in [9.17, 15) is 25.1 Å². The molecule has 9 rings (SSSR count). The molecule has 5 aromatic carbocycles. The minimum Gasteiger partial charge on any atom is -0.459 e. The number of nitro benzene ring substituents is 1. The minimum absolute atomic E-state index is 0.00411. The summed E-state index contributed by atoms with van der Waals surface area (Å²) in [6.45, 7) is 4.53. The molecule has 0 saturated heterocycles. The van der Waals surface area contributed by atoms with Crippen LogP contribution in [0.5, 0.6) is 28.7 Å². The molecule has 6 atom stereocenters. The number of ether oxygens (including phenoxy) is 7. The molecule has 76 heavy (non-hydrogen) atoms. The van der Waals surface area contributed by atoms with Crippen LogP contribution in [0.2, 0.25) is 0 Å². The van der Waals surface area contributed by atoms with Crippen LogP contribution in [0.25, 0.3) is 0 Å². The third kappa shape index (κ3) is 12.2. The van der Waals surface area contributed by atoms with E-state index >= 15 is 4.79 Å².